The minimum Gasteiger partial charge on any atom is -0.350 e. The Bertz CT molecular complexity index is 702. The minimum absolute atomic E-state index is 0.115. The highest BCUT2D eigenvalue weighted by Crippen LogP contribution is 2.26. The third kappa shape index (κ3) is 2.73. The molecule has 0 saturated heterocycles. The van der Waals surface area contributed by atoms with E-state index < -0.39 is 0 Å². The number of aromatic nitrogens is 2. The van der Waals surface area contributed by atoms with E-state index in [-0.39, 0.29) is 11.5 Å². The van der Waals surface area contributed by atoms with Crippen molar-refractivity contribution in [1.29, 1.82) is 0 Å². The predicted molar refractivity (Wildman–Crippen MR) is 80.5 cm³/mol. The van der Waals surface area contributed by atoms with Gasteiger partial charge >= 0.3 is 0 Å². The molecule has 1 amide bonds. The van der Waals surface area contributed by atoms with E-state index in [9.17, 15) is 9.59 Å². The van der Waals surface area contributed by atoms with Crippen molar-refractivity contribution >= 4 is 27.5 Å². The summed E-state index contributed by atoms with van der Waals surface area (Å²) in [5.41, 5.74) is 0.595. The second-order valence-electron chi connectivity index (χ2n) is 4.96. The van der Waals surface area contributed by atoms with E-state index in [1.54, 1.807) is 14.0 Å². The lowest BCUT2D eigenvalue weighted by Gasteiger charge is -2.09. The molecule has 0 aliphatic rings. The lowest BCUT2D eigenvalue weighted by atomic mass is 10.2. The first-order valence-corrected chi connectivity index (χ1v) is 7.11. The SMILES string of the molecule is Cc1c(C(=O)NCCN(C)C)sc2ncn(C)c(=O)c12. The van der Waals surface area contributed by atoms with Crippen molar-refractivity contribution < 1.29 is 4.79 Å². The van der Waals surface area contributed by atoms with Gasteiger partial charge in [-0.25, -0.2) is 4.98 Å². The van der Waals surface area contributed by atoms with E-state index >= 15 is 0 Å². The Morgan fingerprint density at radius 2 is 2.20 bits per heavy atom. The summed E-state index contributed by atoms with van der Waals surface area (Å²) < 4.78 is 1.43. The van der Waals surface area contributed by atoms with E-state index in [4.69, 9.17) is 0 Å². The first-order chi connectivity index (χ1) is 9.41. The van der Waals surface area contributed by atoms with Gasteiger partial charge in [0.15, 0.2) is 0 Å². The monoisotopic (exact) mass is 294 g/mol. The highest BCUT2D eigenvalue weighted by Gasteiger charge is 2.18. The quantitative estimate of drug-likeness (QED) is 0.896. The lowest BCUT2D eigenvalue weighted by molar-refractivity contribution is 0.0954. The molecular formula is C13H18N4O2S. The first-order valence-electron chi connectivity index (χ1n) is 6.29. The molecule has 2 rings (SSSR count). The average molecular weight is 294 g/mol. The molecule has 0 aliphatic heterocycles. The number of nitrogens with zero attached hydrogens (tertiary/aromatic N) is 3. The van der Waals surface area contributed by atoms with E-state index in [0.29, 0.717) is 27.2 Å². The van der Waals surface area contributed by atoms with Crippen LogP contribution in [0.1, 0.15) is 15.2 Å². The molecule has 1 N–H and O–H groups in total. The molecule has 0 atom stereocenters. The molecule has 0 aliphatic carbocycles. The van der Waals surface area contributed by atoms with E-state index in [1.165, 1.54) is 22.2 Å². The van der Waals surface area contributed by atoms with Gasteiger partial charge in [-0.15, -0.1) is 11.3 Å². The normalized spacial score (nSPS) is 11.2. The van der Waals surface area contributed by atoms with Crippen LogP contribution in [0, 0.1) is 6.92 Å². The van der Waals surface area contributed by atoms with Crippen LogP contribution in [-0.2, 0) is 7.05 Å². The summed E-state index contributed by atoms with van der Waals surface area (Å²) in [5, 5.41) is 3.40. The number of fused-ring (bicyclic) bond motifs is 1. The van der Waals surface area contributed by atoms with Crippen molar-refractivity contribution in [3.8, 4) is 0 Å². The molecule has 0 fully saturated rings. The summed E-state index contributed by atoms with van der Waals surface area (Å²) in [6, 6.07) is 0. The molecule has 2 aromatic heterocycles. The van der Waals surface area contributed by atoms with E-state index in [1.807, 2.05) is 19.0 Å². The largest absolute Gasteiger partial charge is 0.350 e. The van der Waals surface area contributed by atoms with Gasteiger partial charge in [-0.05, 0) is 26.6 Å². The third-order valence-electron chi connectivity index (χ3n) is 3.06. The van der Waals surface area contributed by atoms with Gasteiger partial charge in [0.25, 0.3) is 11.5 Å². The van der Waals surface area contributed by atoms with Crippen LogP contribution in [0.4, 0.5) is 0 Å². The number of likely N-dealkylation sites (N-methyl/N-ethyl adjacent to an activating group) is 1. The molecule has 2 aromatic rings. The summed E-state index contributed by atoms with van der Waals surface area (Å²) in [4.78, 5) is 31.6. The van der Waals surface area contributed by atoms with Crippen LogP contribution in [0.25, 0.3) is 10.2 Å². The Morgan fingerprint density at radius 3 is 2.85 bits per heavy atom. The number of aryl methyl sites for hydroxylation is 2. The zero-order chi connectivity index (χ0) is 14.9. The van der Waals surface area contributed by atoms with E-state index in [2.05, 4.69) is 10.3 Å². The fourth-order valence-electron chi connectivity index (χ4n) is 1.90. The molecule has 0 aromatic carbocycles. The highest BCUT2D eigenvalue weighted by atomic mass is 32.1. The molecule has 0 unspecified atom stereocenters. The summed E-state index contributed by atoms with van der Waals surface area (Å²) in [6.07, 6.45) is 1.48. The van der Waals surface area contributed by atoms with Crippen LogP contribution in [0.5, 0.6) is 0 Å². The number of thiophene rings is 1. The fourth-order valence-corrected chi connectivity index (χ4v) is 2.95. The molecule has 20 heavy (non-hydrogen) atoms. The van der Waals surface area contributed by atoms with Crippen LogP contribution < -0.4 is 10.9 Å². The van der Waals surface area contributed by atoms with Crippen molar-refractivity contribution in [2.45, 2.75) is 6.92 Å². The van der Waals surface area contributed by atoms with Gasteiger partial charge < -0.3 is 14.8 Å². The van der Waals surface area contributed by atoms with Gasteiger partial charge in [-0.2, -0.15) is 0 Å². The molecular weight excluding hydrogens is 276 g/mol. The van der Waals surface area contributed by atoms with Crippen molar-refractivity contribution in [3.05, 3.63) is 27.1 Å². The van der Waals surface area contributed by atoms with Gasteiger partial charge in [-0.1, -0.05) is 0 Å². The lowest BCUT2D eigenvalue weighted by Crippen LogP contribution is -2.31. The van der Waals surface area contributed by atoms with Crippen molar-refractivity contribution in [3.63, 3.8) is 0 Å². The maximum Gasteiger partial charge on any atom is 0.262 e. The number of hydrogen-bond donors (Lipinski definition) is 1. The Morgan fingerprint density at radius 1 is 1.50 bits per heavy atom. The Kier molecular flexibility index (Phi) is 4.20. The fraction of sp³-hybridized carbons (Fsp3) is 0.462. The molecule has 108 valence electrons. The van der Waals surface area contributed by atoms with Crippen molar-refractivity contribution in [1.82, 2.24) is 19.8 Å². The van der Waals surface area contributed by atoms with Crippen LogP contribution in [-0.4, -0.2) is 47.5 Å². The Labute approximate surface area is 121 Å². The second kappa shape index (κ2) is 5.72. The van der Waals surface area contributed by atoms with Crippen LogP contribution in [0.3, 0.4) is 0 Å². The smallest absolute Gasteiger partial charge is 0.262 e. The summed E-state index contributed by atoms with van der Waals surface area (Å²) in [5.74, 6) is -0.144. The zero-order valence-corrected chi connectivity index (χ0v) is 12.9. The topological polar surface area (TPSA) is 67.2 Å². The van der Waals surface area contributed by atoms with Gasteiger partial charge in [0.05, 0.1) is 16.6 Å². The van der Waals surface area contributed by atoms with Gasteiger partial charge in [-0.3, -0.25) is 9.59 Å². The Balaban J connectivity index is 2.32. The second-order valence-corrected chi connectivity index (χ2v) is 5.96. The van der Waals surface area contributed by atoms with Crippen LogP contribution >= 0.6 is 11.3 Å². The molecule has 6 nitrogen and oxygen atoms in total. The molecule has 0 radical (unpaired) electrons. The molecule has 2 heterocycles. The Hall–Kier alpha value is -1.73. The molecule has 0 bridgehead atoms. The number of rotatable bonds is 4. The standard InChI is InChI=1S/C13H18N4O2S/c1-8-9-12(15-7-17(4)13(9)19)20-10(8)11(18)14-5-6-16(2)3/h7H,5-6H2,1-4H3,(H,14,18). The predicted octanol–water partition coefficient (Wildman–Crippen LogP) is 0.595. The zero-order valence-electron chi connectivity index (χ0n) is 12.1. The average Bonchev–Trinajstić information content (AvgIpc) is 2.71. The molecule has 0 saturated carbocycles. The summed E-state index contributed by atoms with van der Waals surface area (Å²) in [6.45, 7) is 3.14. The first kappa shape index (κ1) is 14.7. The number of amides is 1. The van der Waals surface area contributed by atoms with Crippen molar-refractivity contribution in [2.75, 3.05) is 27.2 Å². The number of carbonyl (C=O) groups is 1. The minimum atomic E-state index is -0.144. The van der Waals surface area contributed by atoms with Gasteiger partial charge in [0.2, 0.25) is 0 Å². The van der Waals surface area contributed by atoms with Crippen molar-refractivity contribution in [2.24, 2.45) is 7.05 Å². The molecule has 7 heteroatoms. The maximum atomic E-state index is 12.2. The van der Waals surface area contributed by atoms with Crippen LogP contribution in [0.15, 0.2) is 11.1 Å². The number of carbonyl (C=O) groups excluding carboxylic acids is 1. The van der Waals surface area contributed by atoms with Gasteiger partial charge in [0.1, 0.15) is 4.83 Å². The van der Waals surface area contributed by atoms with E-state index in [0.717, 1.165) is 6.54 Å². The number of nitrogens with one attached hydrogen (secondary N) is 1. The highest BCUT2D eigenvalue weighted by molar-refractivity contribution is 7.20. The summed E-state index contributed by atoms with van der Waals surface area (Å²) >= 11 is 1.26. The van der Waals surface area contributed by atoms with Gasteiger partial charge in [0, 0.05) is 20.1 Å². The number of hydrogen-bond acceptors (Lipinski definition) is 5. The van der Waals surface area contributed by atoms with Crippen LogP contribution in [0.2, 0.25) is 0 Å². The third-order valence-corrected chi connectivity index (χ3v) is 4.26. The molecule has 0 spiro atoms. The summed E-state index contributed by atoms with van der Waals surface area (Å²) in [7, 11) is 5.55. The maximum absolute atomic E-state index is 12.2.